The van der Waals surface area contributed by atoms with E-state index in [1.807, 2.05) is 0 Å². The first-order valence-corrected chi connectivity index (χ1v) is 11.6. The van der Waals surface area contributed by atoms with E-state index >= 15 is 0 Å². The molecule has 0 aromatic rings. The van der Waals surface area contributed by atoms with Gasteiger partial charge in [0.2, 0.25) is 5.91 Å². The molecule has 0 fully saturated rings. The van der Waals surface area contributed by atoms with E-state index in [2.05, 4.69) is 5.32 Å². The average molecular weight is 428 g/mol. The van der Waals surface area contributed by atoms with Crippen molar-refractivity contribution < 1.29 is 29.4 Å². The molecule has 174 valence electrons. The van der Waals surface area contributed by atoms with Crippen LogP contribution in [0.2, 0.25) is 0 Å². The van der Waals surface area contributed by atoms with Gasteiger partial charge in [-0.25, -0.2) is 4.79 Å². The lowest BCUT2D eigenvalue weighted by atomic mass is 10.0. The molecule has 1 atom stereocenters. The Hall–Kier alpha value is -1.92. The lowest BCUT2D eigenvalue weighted by Crippen LogP contribution is -2.41. The number of aliphatic carboxylic acids is 2. The minimum absolute atomic E-state index is 0.00578. The topological polar surface area (TPSA) is 121 Å². The summed E-state index contributed by atoms with van der Waals surface area (Å²) < 4.78 is 0. The number of Topliss-reactive ketones (excluding diaryl/α,β-unsaturated/α-hetero) is 1. The molecule has 3 N–H and O–H groups in total. The van der Waals surface area contributed by atoms with Gasteiger partial charge in [0, 0.05) is 25.7 Å². The van der Waals surface area contributed by atoms with Crippen molar-refractivity contribution in [1.29, 1.82) is 0 Å². The fourth-order valence-corrected chi connectivity index (χ4v) is 3.34. The summed E-state index contributed by atoms with van der Waals surface area (Å²) in [5, 5.41) is 20.3. The van der Waals surface area contributed by atoms with Crippen molar-refractivity contribution in [2.75, 3.05) is 0 Å². The van der Waals surface area contributed by atoms with E-state index in [1.54, 1.807) is 6.92 Å². The maximum atomic E-state index is 11.9. The van der Waals surface area contributed by atoms with E-state index in [0.717, 1.165) is 44.9 Å². The number of carbonyl (C=O) groups is 4. The first kappa shape index (κ1) is 28.1. The summed E-state index contributed by atoms with van der Waals surface area (Å²) in [4.78, 5) is 44.9. The summed E-state index contributed by atoms with van der Waals surface area (Å²) in [6, 6.07) is -0.981. The second-order valence-corrected chi connectivity index (χ2v) is 8.03. The zero-order chi connectivity index (χ0) is 22.6. The lowest BCUT2D eigenvalue weighted by molar-refractivity contribution is -0.142. The molecular formula is C23H41NO6. The van der Waals surface area contributed by atoms with Crippen molar-refractivity contribution in [1.82, 2.24) is 5.32 Å². The number of hydrogen-bond acceptors (Lipinski definition) is 4. The largest absolute Gasteiger partial charge is 0.481 e. The molecule has 0 saturated heterocycles. The molecule has 0 spiro atoms. The molecular weight excluding hydrogens is 386 g/mol. The highest BCUT2D eigenvalue weighted by atomic mass is 16.4. The summed E-state index contributed by atoms with van der Waals surface area (Å²) >= 11 is 0. The summed E-state index contributed by atoms with van der Waals surface area (Å²) in [6.07, 6.45) is 14.2. The van der Waals surface area contributed by atoms with Gasteiger partial charge in [0.15, 0.2) is 0 Å². The van der Waals surface area contributed by atoms with Crippen molar-refractivity contribution in [2.24, 2.45) is 0 Å². The van der Waals surface area contributed by atoms with Crippen molar-refractivity contribution in [3.63, 3.8) is 0 Å². The number of carboxylic acids is 2. The van der Waals surface area contributed by atoms with Crippen LogP contribution < -0.4 is 5.32 Å². The van der Waals surface area contributed by atoms with E-state index in [9.17, 15) is 19.2 Å². The minimum Gasteiger partial charge on any atom is -0.481 e. The van der Waals surface area contributed by atoms with Crippen LogP contribution in [-0.4, -0.2) is 39.9 Å². The van der Waals surface area contributed by atoms with Gasteiger partial charge in [0.05, 0.1) is 0 Å². The van der Waals surface area contributed by atoms with Crippen LogP contribution in [0, 0.1) is 0 Å². The number of nitrogens with one attached hydrogen (secondary N) is 1. The van der Waals surface area contributed by atoms with Crippen molar-refractivity contribution in [3.8, 4) is 0 Å². The molecule has 0 saturated carbocycles. The minimum atomic E-state index is -1.09. The molecule has 7 heteroatoms. The molecule has 0 rings (SSSR count). The van der Waals surface area contributed by atoms with E-state index in [4.69, 9.17) is 10.2 Å². The third-order valence-corrected chi connectivity index (χ3v) is 5.28. The van der Waals surface area contributed by atoms with Crippen LogP contribution in [0.15, 0.2) is 0 Å². The first-order chi connectivity index (χ1) is 14.4. The number of unbranched alkanes of at least 4 members (excludes halogenated alkanes) is 11. The van der Waals surface area contributed by atoms with Crippen molar-refractivity contribution in [2.45, 2.75) is 122 Å². The number of ketones is 1. The summed E-state index contributed by atoms with van der Waals surface area (Å²) in [5.74, 6) is -2.05. The van der Waals surface area contributed by atoms with Crippen LogP contribution in [0.5, 0.6) is 0 Å². The normalized spacial score (nSPS) is 11.8. The Kier molecular flexibility index (Phi) is 17.8. The van der Waals surface area contributed by atoms with E-state index < -0.39 is 18.0 Å². The van der Waals surface area contributed by atoms with Crippen LogP contribution >= 0.6 is 0 Å². The lowest BCUT2D eigenvalue weighted by Gasteiger charge is -2.14. The second kappa shape index (κ2) is 19.1. The quantitative estimate of drug-likeness (QED) is 0.225. The fraction of sp³-hybridized carbons (Fsp3) is 0.826. The number of hydrogen-bond donors (Lipinski definition) is 3. The number of carboxylic acid groups (broad SMARTS) is 2. The van der Waals surface area contributed by atoms with Crippen molar-refractivity contribution >= 4 is 23.6 Å². The zero-order valence-corrected chi connectivity index (χ0v) is 18.6. The van der Waals surface area contributed by atoms with Gasteiger partial charge in [-0.2, -0.15) is 0 Å². The van der Waals surface area contributed by atoms with Gasteiger partial charge in [0.1, 0.15) is 11.8 Å². The number of carbonyl (C=O) groups excluding carboxylic acids is 2. The van der Waals surface area contributed by atoms with Gasteiger partial charge in [-0.15, -0.1) is 0 Å². The molecule has 0 aromatic heterocycles. The monoisotopic (exact) mass is 427 g/mol. The molecule has 0 aliphatic carbocycles. The van der Waals surface area contributed by atoms with E-state index in [-0.39, 0.29) is 31.0 Å². The molecule has 0 radical (unpaired) electrons. The summed E-state index contributed by atoms with van der Waals surface area (Å²) in [7, 11) is 0. The third kappa shape index (κ3) is 18.1. The molecule has 0 heterocycles. The maximum Gasteiger partial charge on any atom is 0.326 e. The SMILES string of the molecule is CCC(=O)CCC(NC(=O)CCCCCCCCCCCCCCC(=O)O)C(=O)O. The van der Waals surface area contributed by atoms with Gasteiger partial charge >= 0.3 is 11.9 Å². The number of amides is 1. The van der Waals surface area contributed by atoms with E-state index in [1.165, 1.54) is 32.1 Å². The summed E-state index contributed by atoms with van der Waals surface area (Å²) in [6.45, 7) is 1.74. The maximum absolute atomic E-state index is 11.9. The molecule has 1 amide bonds. The van der Waals surface area contributed by atoms with Gasteiger partial charge in [-0.05, 0) is 19.3 Å². The van der Waals surface area contributed by atoms with E-state index in [0.29, 0.717) is 12.8 Å². The predicted molar refractivity (Wildman–Crippen MR) is 116 cm³/mol. The number of rotatable bonds is 21. The van der Waals surface area contributed by atoms with Crippen molar-refractivity contribution in [3.05, 3.63) is 0 Å². The van der Waals surface area contributed by atoms with Gasteiger partial charge in [-0.1, -0.05) is 71.1 Å². The molecule has 0 aliphatic heterocycles. The smallest absolute Gasteiger partial charge is 0.326 e. The Labute approximate surface area is 181 Å². The van der Waals surface area contributed by atoms with Gasteiger partial charge in [0.25, 0.3) is 0 Å². The Morgan fingerprint density at radius 2 is 1.10 bits per heavy atom. The van der Waals surface area contributed by atoms with Crippen LogP contribution in [0.25, 0.3) is 0 Å². The zero-order valence-electron chi connectivity index (χ0n) is 18.6. The van der Waals surface area contributed by atoms with Crippen LogP contribution in [0.4, 0.5) is 0 Å². The van der Waals surface area contributed by atoms with Gasteiger partial charge in [-0.3, -0.25) is 14.4 Å². The van der Waals surface area contributed by atoms with Crippen LogP contribution in [0.1, 0.15) is 116 Å². The fourth-order valence-electron chi connectivity index (χ4n) is 3.34. The summed E-state index contributed by atoms with van der Waals surface area (Å²) in [5.41, 5.74) is 0. The third-order valence-electron chi connectivity index (χ3n) is 5.28. The average Bonchev–Trinajstić information content (AvgIpc) is 2.70. The molecule has 7 nitrogen and oxygen atoms in total. The molecule has 1 unspecified atom stereocenters. The molecule has 30 heavy (non-hydrogen) atoms. The standard InChI is InChI=1S/C23H41NO6/c1-2-19(25)17-18-20(23(29)30)24-21(26)15-13-11-9-7-5-3-4-6-8-10-12-14-16-22(27)28/h20H,2-18H2,1H3,(H,24,26)(H,27,28)(H,29,30). The van der Waals surface area contributed by atoms with Gasteiger partial charge < -0.3 is 15.5 Å². The highest BCUT2D eigenvalue weighted by Gasteiger charge is 2.20. The Balaban J connectivity index is 3.54. The second-order valence-electron chi connectivity index (χ2n) is 8.03. The van der Waals surface area contributed by atoms with Crippen LogP contribution in [0.3, 0.4) is 0 Å². The molecule has 0 aromatic carbocycles. The molecule has 0 aliphatic rings. The Morgan fingerprint density at radius 3 is 1.50 bits per heavy atom. The van der Waals surface area contributed by atoms with Crippen LogP contribution in [-0.2, 0) is 19.2 Å². The Bertz CT molecular complexity index is 506. The predicted octanol–water partition coefficient (Wildman–Crippen LogP) is 4.86. The molecule has 0 bridgehead atoms. The highest BCUT2D eigenvalue weighted by molar-refractivity contribution is 5.84. The Morgan fingerprint density at radius 1 is 0.667 bits per heavy atom. The highest BCUT2D eigenvalue weighted by Crippen LogP contribution is 2.13. The first-order valence-electron chi connectivity index (χ1n) is 11.6.